The van der Waals surface area contributed by atoms with E-state index in [0.717, 1.165) is 4.47 Å². The second-order valence-electron chi connectivity index (χ2n) is 1.91. The van der Waals surface area contributed by atoms with E-state index in [1.54, 1.807) is 13.0 Å². The van der Waals surface area contributed by atoms with Crippen LogP contribution in [0.15, 0.2) is 15.9 Å². The Hall–Kier alpha value is -0.0600. The quantitative estimate of drug-likeness (QED) is 0.772. The summed E-state index contributed by atoms with van der Waals surface area (Å²) in [6.07, 6.45) is 0.412. The van der Waals surface area contributed by atoms with E-state index >= 15 is 0 Å². The van der Waals surface area contributed by atoms with Crippen LogP contribution in [0.2, 0.25) is 0 Å². The van der Waals surface area contributed by atoms with Gasteiger partial charge in [-0.15, -0.1) is 23.7 Å². The van der Waals surface area contributed by atoms with E-state index in [-0.39, 0.29) is 18.4 Å². The van der Waals surface area contributed by atoms with Crippen LogP contribution in [0, 0.1) is 0 Å². The molecule has 0 aromatic carbocycles. The molecule has 0 fully saturated rings. The van der Waals surface area contributed by atoms with E-state index in [4.69, 9.17) is 4.74 Å². The van der Waals surface area contributed by atoms with Gasteiger partial charge in [0.15, 0.2) is 5.06 Å². The molecule has 1 rings (SSSR count). The molecular formula is C7H8BrClO2S. The topological polar surface area (TPSA) is 26.3 Å². The summed E-state index contributed by atoms with van der Waals surface area (Å²) in [6, 6.07) is 1.78. The van der Waals surface area contributed by atoms with E-state index in [2.05, 4.69) is 15.9 Å². The zero-order valence-corrected chi connectivity index (χ0v) is 9.59. The van der Waals surface area contributed by atoms with Crippen LogP contribution in [0.25, 0.3) is 0 Å². The van der Waals surface area contributed by atoms with Gasteiger partial charge in [0.2, 0.25) is 0 Å². The average Bonchev–Trinajstić information content (AvgIpc) is 2.35. The molecule has 1 aromatic rings. The van der Waals surface area contributed by atoms with E-state index in [1.165, 1.54) is 11.3 Å². The number of halogens is 2. The summed E-state index contributed by atoms with van der Waals surface area (Å²) in [5.74, 6) is -0.195. The first-order valence-electron chi connectivity index (χ1n) is 3.17. The minimum atomic E-state index is -0.195. The van der Waals surface area contributed by atoms with Crippen LogP contribution in [0.5, 0.6) is 5.06 Å². The van der Waals surface area contributed by atoms with Crippen LogP contribution >= 0.6 is 39.7 Å². The third kappa shape index (κ3) is 3.56. The fourth-order valence-corrected chi connectivity index (χ4v) is 1.81. The van der Waals surface area contributed by atoms with Crippen molar-refractivity contribution in [1.82, 2.24) is 0 Å². The van der Waals surface area contributed by atoms with E-state index in [1.807, 2.05) is 5.38 Å². The van der Waals surface area contributed by atoms with Crippen molar-refractivity contribution in [3.8, 4) is 5.06 Å². The number of thiophene rings is 1. The molecule has 0 aliphatic heterocycles. The Morgan fingerprint density at radius 2 is 2.42 bits per heavy atom. The highest BCUT2D eigenvalue weighted by Gasteiger charge is 2.02. The first-order chi connectivity index (χ1) is 5.22. The van der Waals surface area contributed by atoms with Crippen molar-refractivity contribution in [3.05, 3.63) is 15.9 Å². The molecule has 0 saturated heterocycles. The lowest BCUT2D eigenvalue weighted by Gasteiger charge is -1.95. The van der Waals surface area contributed by atoms with Crippen molar-refractivity contribution in [3.63, 3.8) is 0 Å². The zero-order chi connectivity index (χ0) is 8.27. The molecule has 12 heavy (non-hydrogen) atoms. The van der Waals surface area contributed by atoms with Crippen molar-refractivity contribution in [2.24, 2.45) is 0 Å². The lowest BCUT2D eigenvalue weighted by Crippen LogP contribution is -2.03. The van der Waals surface area contributed by atoms with Gasteiger partial charge in [-0.25, -0.2) is 0 Å². The van der Waals surface area contributed by atoms with Crippen molar-refractivity contribution in [2.45, 2.75) is 13.3 Å². The summed E-state index contributed by atoms with van der Waals surface area (Å²) in [5.41, 5.74) is 0. The number of hydrogen-bond donors (Lipinski definition) is 0. The number of esters is 1. The van der Waals surface area contributed by atoms with Gasteiger partial charge in [-0.3, -0.25) is 4.79 Å². The molecule has 2 nitrogen and oxygen atoms in total. The van der Waals surface area contributed by atoms with Crippen molar-refractivity contribution >= 4 is 45.6 Å². The molecule has 0 N–H and O–H groups in total. The number of hydrogen-bond acceptors (Lipinski definition) is 3. The highest BCUT2D eigenvalue weighted by molar-refractivity contribution is 9.10. The molecule has 0 radical (unpaired) electrons. The smallest absolute Gasteiger partial charge is 0.311 e. The summed E-state index contributed by atoms with van der Waals surface area (Å²) in [4.78, 5) is 10.8. The Balaban J connectivity index is 0.00000121. The Morgan fingerprint density at radius 1 is 1.75 bits per heavy atom. The number of rotatable bonds is 2. The summed E-state index contributed by atoms with van der Waals surface area (Å²) in [5, 5.41) is 2.52. The van der Waals surface area contributed by atoms with E-state index in [0.29, 0.717) is 11.5 Å². The van der Waals surface area contributed by atoms with Gasteiger partial charge < -0.3 is 4.74 Å². The zero-order valence-electron chi connectivity index (χ0n) is 6.37. The van der Waals surface area contributed by atoms with Gasteiger partial charge in [-0.1, -0.05) is 6.92 Å². The normalized spacial score (nSPS) is 8.83. The molecule has 0 aliphatic carbocycles. The number of carbonyl (C=O) groups excluding carboxylic acids is 1. The molecule has 0 amide bonds. The van der Waals surface area contributed by atoms with Crippen LogP contribution in [0.1, 0.15) is 13.3 Å². The van der Waals surface area contributed by atoms with Crippen molar-refractivity contribution in [2.75, 3.05) is 0 Å². The molecule has 0 bridgehead atoms. The Labute approximate surface area is 89.5 Å². The Morgan fingerprint density at radius 3 is 2.83 bits per heavy atom. The second-order valence-corrected chi connectivity index (χ2v) is 3.70. The fraction of sp³-hybridized carbons (Fsp3) is 0.286. The third-order valence-electron chi connectivity index (χ3n) is 1.05. The van der Waals surface area contributed by atoms with Crippen LogP contribution in [0.3, 0.4) is 0 Å². The molecule has 0 atom stereocenters. The summed E-state index contributed by atoms with van der Waals surface area (Å²) >= 11 is 4.67. The largest absolute Gasteiger partial charge is 0.415 e. The lowest BCUT2D eigenvalue weighted by molar-refractivity contribution is -0.133. The van der Waals surface area contributed by atoms with Crippen LogP contribution in [0.4, 0.5) is 0 Å². The van der Waals surface area contributed by atoms with Gasteiger partial charge in [-0.05, 0) is 15.9 Å². The molecule has 0 unspecified atom stereocenters. The maximum atomic E-state index is 10.8. The highest BCUT2D eigenvalue weighted by atomic mass is 79.9. The van der Waals surface area contributed by atoms with E-state index < -0.39 is 0 Å². The van der Waals surface area contributed by atoms with Gasteiger partial charge in [-0.2, -0.15) is 0 Å². The monoisotopic (exact) mass is 270 g/mol. The molecule has 0 saturated carbocycles. The predicted octanol–water partition coefficient (Wildman–Crippen LogP) is 3.25. The lowest BCUT2D eigenvalue weighted by atomic mass is 10.5. The second kappa shape index (κ2) is 5.56. The highest BCUT2D eigenvalue weighted by Crippen LogP contribution is 2.26. The van der Waals surface area contributed by atoms with Gasteiger partial charge >= 0.3 is 5.97 Å². The Kier molecular flexibility index (Phi) is 5.53. The third-order valence-corrected chi connectivity index (χ3v) is 2.61. The standard InChI is InChI=1S/C7H7BrO2S.ClH/c1-2-6(9)10-7-3-5(8)4-11-7;/h3-4H,2H2,1H3;1H. The first-order valence-corrected chi connectivity index (χ1v) is 4.84. The molecule has 5 heteroatoms. The maximum absolute atomic E-state index is 10.8. The van der Waals surface area contributed by atoms with Crippen molar-refractivity contribution < 1.29 is 9.53 Å². The number of carbonyl (C=O) groups is 1. The molecule has 1 heterocycles. The molecule has 0 spiro atoms. The van der Waals surface area contributed by atoms with E-state index in [9.17, 15) is 4.79 Å². The Bertz CT molecular complexity index is 262. The maximum Gasteiger partial charge on any atom is 0.311 e. The van der Waals surface area contributed by atoms with Crippen LogP contribution in [-0.4, -0.2) is 5.97 Å². The minimum absolute atomic E-state index is 0. The average molecular weight is 272 g/mol. The SMILES string of the molecule is CCC(=O)Oc1cc(Br)cs1.Cl. The summed E-state index contributed by atoms with van der Waals surface area (Å²) < 4.78 is 5.88. The fourth-order valence-electron chi connectivity index (χ4n) is 0.533. The van der Waals surface area contributed by atoms with Gasteiger partial charge in [0.1, 0.15) is 0 Å². The minimum Gasteiger partial charge on any atom is -0.415 e. The molecule has 68 valence electrons. The predicted molar refractivity (Wildman–Crippen MR) is 55.2 cm³/mol. The summed E-state index contributed by atoms with van der Waals surface area (Å²) in [6.45, 7) is 1.77. The molecule has 0 aliphatic rings. The molecular weight excluding hydrogens is 263 g/mol. The summed E-state index contributed by atoms with van der Waals surface area (Å²) in [7, 11) is 0. The van der Waals surface area contributed by atoms with Crippen LogP contribution < -0.4 is 4.74 Å². The molecule has 1 aromatic heterocycles. The van der Waals surface area contributed by atoms with Crippen LogP contribution in [-0.2, 0) is 4.79 Å². The van der Waals surface area contributed by atoms with Gasteiger partial charge in [0, 0.05) is 22.3 Å². The van der Waals surface area contributed by atoms with Gasteiger partial charge in [0.05, 0.1) is 0 Å². The van der Waals surface area contributed by atoms with Gasteiger partial charge in [0.25, 0.3) is 0 Å². The van der Waals surface area contributed by atoms with Crippen molar-refractivity contribution in [1.29, 1.82) is 0 Å². The number of ether oxygens (including phenoxy) is 1. The first kappa shape index (κ1) is 11.9.